The number of hydrogen-bond acceptors (Lipinski definition) is 2. The molecule has 1 heterocycles. The Hall–Kier alpha value is -1.61. The van der Waals surface area contributed by atoms with Gasteiger partial charge in [-0.15, -0.1) is 0 Å². The molecule has 2 aromatic rings. The van der Waals surface area contributed by atoms with Crippen LogP contribution < -0.4 is 10.2 Å². The van der Waals surface area contributed by atoms with Crippen LogP contribution in [-0.2, 0) is 13.6 Å². The van der Waals surface area contributed by atoms with Crippen molar-refractivity contribution < 1.29 is 0 Å². The summed E-state index contributed by atoms with van der Waals surface area (Å²) in [5.74, 6) is 0. The molecule has 96 valence electrons. The van der Waals surface area contributed by atoms with Gasteiger partial charge in [-0.3, -0.25) is 0 Å². The highest BCUT2D eigenvalue weighted by molar-refractivity contribution is 6.33. The summed E-state index contributed by atoms with van der Waals surface area (Å²) in [6.45, 7) is 0.793. The molecule has 1 aromatic heterocycles. The second-order valence-electron chi connectivity index (χ2n) is 4.52. The molecule has 1 aromatic carbocycles. The molecule has 0 radical (unpaired) electrons. The van der Waals surface area contributed by atoms with E-state index in [1.54, 1.807) is 0 Å². The number of benzene rings is 1. The molecule has 0 unspecified atom stereocenters. The van der Waals surface area contributed by atoms with Gasteiger partial charge in [-0.2, -0.15) is 0 Å². The van der Waals surface area contributed by atoms with Crippen molar-refractivity contribution in [2.45, 2.75) is 6.54 Å². The third-order valence-corrected chi connectivity index (χ3v) is 3.26. The largest absolute Gasteiger partial charge is 0.379 e. The maximum absolute atomic E-state index is 6.23. The summed E-state index contributed by atoms with van der Waals surface area (Å²) < 4.78 is 2.10. The van der Waals surface area contributed by atoms with E-state index in [0.29, 0.717) is 0 Å². The van der Waals surface area contributed by atoms with E-state index in [4.69, 9.17) is 11.6 Å². The van der Waals surface area contributed by atoms with E-state index in [0.717, 1.165) is 22.9 Å². The molecule has 0 aliphatic carbocycles. The Morgan fingerprint density at radius 2 is 2.06 bits per heavy atom. The number of hydrogen-bond donors (Lipinski definition) is 1. The van der Waals surface area contributed by atoms with Crippen molar-refractivity contribution in [1.82, 2.24) is 4.57 Å². The zero-order valence-electron chi connectivity index (χ0n) is 10.9. The number of nitrogens with zero attached hydrogens (tertiary/aromatic N) is 2. The molecule has 0 bridgehead atoms. The van der Waals surface area contributed by atoms with E-state index < -0.39 is 0 Å². The summed E-state index contributed by atoms with van der Waals surface area (Å²) in [6, 6.07) is 10.2. The Morgan fingerprint density at radius 3 is 2.61 bits per heavy atom. The van der Waals surface area contributed by atoms with Crippen LogP contribution in [0.15, 0.2) is 36.5 Å². The van der Waals surface area contributed by atoms with Gasteiger partial charge in [0, 0.05) is 38.7 Å². The second-order valence-corrected chi connectivity index (χ2v) is 4.93. The molecule has 0 saturated carbocycles. The minimum absolute atomic E-state index is 0.761. The van der Waals surface area contributed by atoms with Crippen LogP contribution in [0.4, 0.5) is 11.4 Å². The van der Waals surface area contributed by atoms with Crippen LogP contribution in [0.1, 0.15) is 5.69 Å². The Balaban J connectivity index is 2.07. The van der Waals surface area contributed by atoms with Gasteiger partial charge in [-0.05, 0) is 30.3 Å². The molecule has 0 fully saturated rings. The van der Waals surface area contributed by atoms with Crippen molar-refractivity contribution in [3.8, 4) is 0 Å². The van der Waals surface area contributed by atoms with Gasteiger partial charge in [0.15, 0.2) is 0 Å². The average Bonchev–Trinajstić information content (AvgIpc) is 2.72. The summed E-state index contributed by atoms with van der Waals surface area (Å²) in [7, 11) is 6.01. The summed E-state index contributed by atoms with van der Waals surface area (Å²) >= 11 is 6.23. The highest BCUT2D eigenvalue weighted by atomic mass is 35.5. The number of rotatable bonds is 4. The molecule has 2 rings (SSSR count). The standard InChI is InChI=1S/C14H18ClN3/c1-17(2)14-7-6-11(9-13(14)15)16-10-12-5-4-8-18(12)3/h4-9,16H,10H2,1-3H3. The van der Waals surface area contributed by atoms with Gasteiger partial charge in [0.2, 0.25) is 0 Å². The molecule has 3 nitrogen and oxygen atoms in total. The van der Waals surface area contributed by atoms with Crippen LogP contribution in [0.25, 0.3) is 0 Å². The Labute approximate surface area is 113 Å². The monoisotopic (exact) mass is 263 g/mol. The predicted octanol–water partition coefficient (Wildman–Crippen LogP) is 3.36. The zero-order valence-corrected chi connectivity index (χ0v) is 11.7. The fourth-order valence-corrected chi connectivity index (χ4v) is 2.20. The van der Waals surface area contributed by atoms with Gasteiger partial charge in [-0.1, -0.05) is 11.6 Å². The number of halogens is 1. The normalized spacial score (nSPS) is 10.4. The van der Waals surface area contributed by atoms with E-state index in [1.165, 1.54) is 5.69 Å². The zero-order chi connectivity index (χ0) is 13.1. The summed E-state index contributed by atoms with van der Waals surface area (Å²) in [5.41, 5.74) is 3.30. The van der Waals surface area contributed by atoms with Crippen LogP contribution in [0.5, 0.6) is 0 Å². The molecule has 18 heavy (non-hydrogen) atoms. The first-order valence-electron chi connectivity index (χ1n) is 5.89. The van der Waals surface area contributed by atoms with Gasteiger partial charge >= 0.3 is 0 Å². The number of anilines is 2. The molecular formula is C14H18ClN3. The minimum Gasteiger partial charge on any atom is -0.379 e. The maximum Gasteiger partial charge on any atom is 0.0659 e. The van der Waals surface area contributed by atoms with E-state index in [2.05, 4.69) is 16.0 Å². The second kappa shape index (κ2) is 5.36. The smallest absolute Gasteiger partial charge is 0.0659 e. The van der Waals surface area contributed by atoms with Crippen molar-refractivity contribution in [3.63, 3.8) is 0 Å². The van der Waals surface area contributed by atoms with Gasteiger partial charge < -0.3 is 14.8 Å². The van der Waals surface area contributed by atoms with Crippen molar-refractivity contribution >= 4 is 23.0 Å². The van der Waals surface area contributed by atoms with Crippen molar-refractivity contribution in [2.75, 3.05) is 24.3 Å². The fourth-order valence-electron chi connectivity index (χ4n) is 1.85. The van der Waals surface area contributed by atoms with E-state index in [9.17, 15) is 0 Å². The number of aryl methyl sites for hydroxylation is 1. The Kier molecular flexibility index (Phi) is 3.82. The van der Waals surface area contributed by atoms with Crippen molar-refractivity contribution in [2.24, 2.45) is 7.05 Å². The SMILES string of the molecule is CN(C)c1ccc(NCc2cccn2C)cc1Cl. The topological polar surface area (TPSA) is 20.2 Å². The third kappa shape index (κ3) is 2.79. The van der Waals surface area contributed by atoms with Crippen molar-refractivity contribution in [3.05, 3.63) is 47.2 Å². The van der Waals surface area contributed by atoms with Crippen LogP contribution in [0.2, 0.25) is 5.02 Å². The summed E-state index contributed by atoms with van der Waals surface area (Å²) in [5, 5.41) is 4.13. The van der Waals surface area contributed by atoms with Crippen LogP contribution in [0.3, 0.4) is 0 Å². The molecule has 0 aliphatic heterocycles. The minimum atomic E-state index is 0.761. The lowest BCUT2D eigenvalue weighted by molar-refractivity contribution is 0.842. The number of nitrogens with one attached hydrogen (secondary N) is 1. The maximum atomic E-state index is 6.23. The molecule has 1 N–H and O–H groups in total. The lowest BCUT2D eigenvalue weighted by atomic mass is 10.2. The molecule has 0 aliphatic rings. The Bertz CT molecular complexity index is 532. The first-order chi connectivity index (χ1) is 8.58. The van der Waals surface area contributed by atoms with E-state index >= 15 is 0 Å². The lowest BCUT2D eigenvalue weighted by Gasteiger charge is -2.15. The van der Waals surface area contributed by atoms with Crippen molar-refractivity contribution in [1.29, 1.82) is 0 Å². The third-order valence-electron chi connectivity index (χ3n) is 2.95. The quantitative estimate of drug-likeness (QED) is 0.913. The molecular weight excluding hydrogens is 246 g/mol. The lowest BCUT2D eigenvalue weighted by Crippen LogP contribution is -2.09. The van der Waals surface area contributed by atoms with Gasteiger partial charge in [0.1, 0.15) is 0 Å². The first kappa shape index (κ1) is 12.8. The average molecular weight is 264 g/mol. The van der Waals surface area contributed by atoms with Gasteiger partial charge in [0.05, 0.1) is 17.3 Å². The van der Waals surface area contributed by atoms with Crippen LogP contribution in [-0.4, -0.2) is 18.7 Å². The predicted molar refractivity (Wildman–Crippen MR) is 78.5 cm³/mol. The molecule has 0 spiro atoms. The summed E-state index contributed by atoms with van der Waals surface area (Å²) in [6.07, 6.45) is 2.04. The highest BCUT2D eigenvalue weighted by Gasteiger charge is 2.04. The van der Waals surface area contributed by atoms with Gasteiger partial charge in [0.25, 0.3) is 0 Å². The van der Waals surface area contributed by atoms with E-state index in [1.807, 2.05) is 56.5 Å². The van der Waals surface area contributed by atoms with Gasteiger partial charge in [-0.25, -0.2) is 0 Å². The van der Waals surface area contributed by atoms with Crippen LogP contribution in [0, 0.1) is 0 Å². The highest BCUT2D eigenvalue weighted by Crippen LogP contribution is 2.27. The summed E-state index contributed by atoms with van der Waals surface area (Å²) in [4.78, 5) is 2.00. The molecule has 0 atom stereocenters. The Morgan fingerprint density at radius 1 is 1.28 bits per heavy atom. The molecule has 4 heteroatoms. The molecule has 0 saturated heterocycles. The number of aromatic nitrogens is 1. The van der Waals surface area contributed by atoms with E-state index in [-0.39, 0.29) is 0 Å². The first-order valence-corrected chi connectivity index (χ1v) is 6.26. The molecule has 0 amide bonds. The fraction of sp³-hybridized carbons (Fsp3) is 0.286. The van der Waals surface area contributed by atoms with Crippen LogP contribution >= 0.6 is 11.6 Å².